The number of anilines is 1. The lowest BCUT2D eigenvalue weighted by molar-refractivity contribution is 0.0699. The molecule has 1 aromatic heterocycles. The fourth-order valence-corrected chi connectivity index (χ4v) is 4.82. The van der Waals surface area contributed by atoms with Gasteiger partial charge in [-0.3, -0.25) is 0 Å². The van der Waals surface area contributed by atoms with Gasteiger partial charge in [0.25, 0.3) is 0 Å². The maximum atomic E-state index is 12.7. The van der Waals surface area contributed by atoms with Crippen LogP contribution in [0.2, 0.25) is 0 Å². The van der Waals surface area contributed by atoms with Crippen LogP contribution >= 0.6 is 0 Å². The van der Waals surface area contributed by atoms with Crippen LogP contribution in [0.25, 0.3) is 11.0 Å². The fraction of sp³-hybridized carbons (Fsp3) is 0.385. The quantitative estimate of drug-likeness (QED) is 0.886. The first kappa shape index (κ1) is 13.9. The van der Waals surface area contributed by atoms with Gasteiger partial charge in [-0.05, 0) is 25.0 Å². The van der Waals surface area contributed by atoms with Crippen molar-refractivity contribution in [1.29, 1.82) is 0 Å². The number of carboxylic acids is 1. The number of aromatic carboxylic acids is 1. The van der Waals surface area contributed by atoms with Gasteiger partial charge in [0.2, 0.25) is 16.0 Å². The first-order valence-corrected chi connectivity index (χ1v) is 8.18. The standard InChI is InChI=1S/C13H15N3O4S/c14-13-15-11-9(12(17)18)6-3-7-10(11)16(13)21(19,20)8-4-1-2-5-8/h3,6-8H,1-2,4-5H2,(H2,14,15)(H,17,18). The maximum absolute atomic E-state index is 12.7. The molecule has 112 valence electrons. The van der Waals surface area contributed by atoms with Crippen LogP contribution < -0.4 is 5.73 Å². The first-order valence-electron chi connectivity index (χ1n) is 6.67. The van der Waals surface area contributed by atoms with Crippen LogP contribution in [0.3, 0.4) is 0 Å². The van der Waals surface area contributed by atoms with Crippen LogP contribution in [0.5, 0.6) is 0 Å². The predicted molar refractivity (Wildman–Crippen MR) is 77.7 cm³/mol. The van der Waals surface area contributed by atoms with E-state index < -0.39 is 21.2 Å². The first-order chi connectivity index (χ1) is 9.93. The number of fused-ring (bicyclic) bond motifs is 1. The van der Waals surface area contributed by atoms with Gasteiger partial charge in [0.05, 0.1) is 16.3 Å². The SMILES string of the molecule is Nc1nc2c(C(=O)O)cccc2n1S(=O)(=O)C1CCCC1. The lowest BCUT2D eigenvalue weighted by Crippen LogP contribution is -2.26. The van der Waals surface area contributed by atoms with Crippen LogP contribution in [-0.2, 0) is 10.0 Å². The van der Waals surface area contributed by atoms with Crippen LogP contribution in [0, 0.1) is 0 Å². The Bertz CT molecular complexity index is 819. The van der Waals surface area contributed by atoms with Gasteiger partial charge in [0.15, 0.2) is 0 Å². The molecule has 1 aliphatic carbocycles. The summed E-state index contributed by atoms with van der Waals surface area (Å²) in [5, 5.41) is 8.68. The Morgan fingerprint density at radius 3 is 2.62 bits per heavy atom. The largest absolute Gasteiger partial charge is 0.478 e. The number of carbonyl (C=O) groups is 1. The average Bonchev–Trinajstić information content (AvgIpc) is 3.04. The number of hydrogen-bond donors (Lipinski definition) is 2. The lowest BCUT2D eigenvalue weighted by atomic mass is 10.2. The molecular formula is C13H15N3O4S. The van der Waals surface area contributed by atoms with Gasteiger partial charge in [-0.15, -0.1) is 0 Å². The van der Waals surface area contributed by atoms with E-state index in [-0.39, 0.29) is 22.5 Å². The van der Waals surface area contributed by atoms with Crippen molar-refractivity contribution in [2.24, 2.45) is 0 Å². The highest BCUT2D eigenvalue weighted by Gasteiger charge is 2.33. The number of imidazole rings is 1. The zero-order chi connectivity index (χ0) is 15.2. The molecule has 3 rings (SSSR count). The van der Waals surface area contributed by atoms with E-state index in [4.69, 9.17) is 10.8 Å². The van der Waals surface area contributed by atoms with Gasteiger partial charge in [-0.2, -0.15) is 0 Å². The van der Waals surface area contributed by atoms with Crippen LogP contribution in [0.4, 0.5) is 5.95 Å². The fourth-order valence-electron chi connectivity index (χ4n) is 2.87. The van der Waals surface area contributed by atoms with Crippen molar-refractivity contribution >= 4 is 33.0 Å². The van der Waals surface area contributed by atoms with Crippen molar-refractivity contribution in [2.45, 2.75) is 30.9 Å². The monoisotopic (exact) mass is 309 g/mol. The summed E-state index contributed by atoms with van der Waals surface area (Å²) in [6.45, 7) is 0. The molecule has 0 unspecified atom stereocenters. The van der Waals surface area contributed by atoms with Crippen molar-refractivity contribution in [3.05, 3.63) is 23.8 Å². The number of para-hydroxylation sites is 1. The highest BCUT2D eigenvalue weighted by Crippen LogP contribution is 2.31. The number of hydrogen-bond acceptors (Lipinski definition) is 5. The van der Waals surface area contributed by atoms with Gasteiger partial charge in [-0.25, -0.2) is 22.2 Å². The van der Waals surface area contributed by atoms with E-state index in [1.807, 2.05) is 0 Å². The third kappa shape index (κ3) is 2.06. The van der Waals surface area contributed by atoms with Gasteiger partial charge in [0, 0.05) is 0 Å². The molecule has 0 atom stereocenters. The summed E-state index contributed by atoms with van der Waals surface area (Å²) in [4.78, 5) is 15.2. The number of nitrogens with two attached hydrogens (primary N) is 1. The second kappa shape index (κ2) is 4.73. The molecule has 1 saturated carbocycles. The van der Waals surface area contributed by atoms with Crippen molar-refractivity contribution in [1.82, 2.24) is 8.96 Å². The Balaban J connectivity index is 2.26. The van der Waals surface area contributed by atoms with Gasteiger partial charge < -0.3 is 10.8 Å². The minimum atomic E-state index is -3.66. The lowest BCUT2D eigenvalue weighted by Gasteiger charge is -2.13. The third-order valence-corrected chi connectivity index (χ3v) is 6.08. The molecule has 1 fully saturated rings. The molecule has 1 aromatic carbocycles. The molecule has 0 radical (unpaired) electrons. The van der Waals surface area contributed by atoms with Crippen molar-refractivity contribution in [2.75, 3.05) is 5.73 Å². The second-order valence-corrected chi connectivity index (χ2v) is 7.23. The number of nitrogens with zero attached hydrogens (tertiary/aromatic N) is 2. The molecule has 2 aromatic rings. The van der Waals surface area contributed by atoms with Gasteiger partial charge in [0.1, 0.15) is 5.52 Å². The molecule has 0 bridgehead atoms. The summed E-state index contributed by atoms with van der Waals surface area (Å²) in [7, 11) is -3.66. The van der Waals surface area contributed by atoms with E-state index in [2.05, 4.69) is 4.98 Å². The predicted octanol–water partition coefficient (Wildman–Crippen LogP) is 1.44. The Morgan fingerprint density at radius 1 is 1.33 bits per heavy atom. The highest BCUT2D eigenvalue weighted by molar-refractivity contribution is 7.90. The summed E-state index contributed by atoms with van der Waals surface area (Å²) >= 11 is 0. The van der Waals surface area contributed by atoms with E-state index >= 15 is 0 Å². The summed E-state index contributed by atoms with van der Waals surface area (Å²) in [6.07, 6.45) is 2.94. The van der Waals surface area contributed by atoms with Gasteiger partial charge >= 0.3 is 5.97 Å². The van der Waals surface area contributed by atoms with E-state index in [1.165, 1.54) is 18.2 Å². The van der Waals surface area contributed by atoms with E-state index in [1.54, 1.807) is 0 Å². The molecule has 21 heavy (non-hydrogen) atoms. The number of aromatic nitrogens is 2. The van der Waals surface area contributed by atoms with Crippen molar-refractivity contribution in [3.63, 3.8) is 0 Å². The summed E-state index contributed by atoms with van der Waals surface area (Å²) < 4.78 is 26.4. The highest BCUT2D eigenvalue weighted by atomic mass is 32.2. The van der Waals surface area contributed by atoms with Crippen molar-refractivity contribution in [3.8, 4) is 0 Å². The Kier molecular flexibility index (Phi) is 3.12. The second-order valence-electron chi connectivity index (χ2n) is 5.16. The average molecular weight is 309 g/mol. The number of nitrogen functional groups attached to an aromatic ring is 1. The molecule has 3 N–H and O–H groups in total. The number of benzene rings is 1. The normalized spacial score (nSPS) is 16.6. The zero-order valence-electron chi connectivity index (χ0n) is 11.2. The van der Waals surface area contributed by atoms with Crippen LogP contribution in [0.15, 0.2) is 18.2 Å². The molecule has 0 amide bonds. The van der Waals surface area contributed by atoms with Crippen molar-refractivity contribution < 1.29 is 18.3 Å². The van der Waals surface area contributed by atoms with E-state index in [9.17, 15) is 13.2 Å². The Hall–Kier alpha value is -2.09. The summed E-state index contributed by atoms with van der Waals surface area (Å²) in [5.41, 5.74) is 6.02. The van der Waals surface area contributed by atoms with Gasteiger partial charge in [-0.1, -0.05) is 18.9 Å². The third-order valence-electron chi connectivity index (χ3n) is 3.88. The molecule has 1 heterocycles. The summed E-state index contributed by atoms with van der Waals surface area (Å²) in [5.74, 6) is -1.35. The van der Waals surface area contributed by atoms with Crippen LogP contribution in [0.1, 0.15) is 36.0 Å². The Morgan fingerprint density at radius 2 is 2.00 bits per heavy atom. The Labute approximate surface area is 121 Å². The minimum absolute atomic E-state index is 0.0560. The van der Waals surface area contributed by atoms with Crippen LogP contribution in [-0.4, -0.2) is 33.7 Å². The smallest absolute Gasteiger partial charge is 0.337 e. The molecule has 0 saturated heterocycles. The summed E-state index contributed by atoms with van der Waals surface area (Å²) in [6, 6.07) is 4.40. The maximum Gasteiger partial charge on any atom is 0.337 e. The van der Waals surface area contributed by atoms with E-state index in [0.29, 0.717) is 12.8 Å². The number of carboxylic acid groups (broad SMARTS) is 1. The molecule has 0 aliphatic heterocycles. The molecule has 0 spiro atoms. The molecule has 8 heteroatoms. The van der Waals surface area contributed by atoms with E-state index in [0.717, 1.165) is 16.8 Å². The molecule has 7 nitrogen and oxygen atoms in total. The topological polar surface area (TPSA) is 115 Å². The molecular weight excluding hydrogens is 294 g/mol. The minimum Gasteiger partial charge on any atom is -0.478 e. The zero-order valence-corrected chi connectivity index (χ0v) is 12.0. The molecule has 1 aliphatic rings. The number of rotatable bonds is 3.